The standard InChI is InChI=1S/C25H26N2O5/c1-30-21-11-15(12-22(31-2)25(21)32-3)23-19(28)13-20(29)24(23)17-14-27(10-6-9-26)18-8-5-4-7-16(17)18/h4-5,7-8,11-12,14H,6,9-10,13,26H2,1-3H3. The summed E-state index contributed by atoms with van der Waals surface area (Å²) in [5, 5.41) is 0.924. The van der Waals surface area contributed by atoms with Gasteiger partial charge in [0.15, 0.2) is 23.1 Å². The molecule has 166 valence electrons. The van der Waals surface area contributed by atoms with Crippen molar-refractivity contribution in [1.82, 2.24) is 4.57 Å². The minimum atomic E-state index is -0.224. The van der Waals surface area contributed by atoms with E-state index in [9.17, 15) is 9.59 Å². The number of nitrogens with zero attached hydrogens (tertiary/aromatic N) is 1. The quantitative estimate of drug-likeness (QED) is 0.546. The van der Waals surface area contributed by atoms with Gasteiger partial charge in [0.05, 0.1) is 27.8 Å². The number of para-hydroxylation sites is 1. The summed E-state index contributed by atoms with van der Waals surface area (Å²) < 4.78 is 18.4. The van der Waals surface area contributed by atoms with Crippen molar-refractivity contribution in [2.75, 3.05) is 27.9 Å². The summed E-state index contributed by atoms with van der Waals surface area (Å²) >= 11 is 0. The van der Waals surface area contributed by atoms with E-state index in [1.54, 1.807) is 12.1 Å². The molecule has 32 heavy (non-hydrogen) atoms. The molecule has 0 saturated heterocycles. The molecule has 1 aliphatic rings. The fourth-order valence-electron chi connectivity index (χ4n) is 4.31. The Morgan fingerprint density at radius 1 is 0.938 bits per heavy atom. The second-order valence-electron chi connectivity index (χ2n) is 7.58. The topological polar surface area (TPSA) is 92.8 Å². The van der Waals surface area contributed by atoms with Gasteiger partial charge in [0.1, 0.15) is 0 Å². The number of ketones is 2. The molecule has 0 bridgehead atoms. The van der Waals surface area contributed by atoms with Gasteiger partial charge in [-0.1, -0.05) is 18.2 Å². The number of aromatic nitrogens is 1. The third-order valence-electron chi connectivity index (χ3n) is 5.74. The van der Waals surface area contributed by atoms with E-state index >= 15 is 0 Å². The molecule has 1 heterocycles. The third kappa shape index (κ3) is 3.54. The number of Topliss-reactive ketones (excluding diaryl/α,β-unsaturated/α-hetero) is 2. The number of rotatable bonds is 8. The number of nitrogens with two attached hydrogens (primary N) is 1. The van der Waals surface area contributed by atoms with Crippen LogP contribution in [0.25, 0.3) is 22.0 Å². The monoisotopic (exact) mass is 434 g/mol. The fourth-order valence-corrected chi connectivity index (χ4v) is 4.31. The maximum atomic E-state index is 13.1. The molecule has 7 heteroatoms. The first-order chi connectivity index (χ1) is 15.5. The number of carbonyl (C=O) groups excluding carboxylic acids is 2. The Morgan fingerprint density at radius 3 is 2.22 bits per heavy atom. The first-order valence-corrected chi connectivity index (χ1v) is 10.4. The van der Waals surface area contributed by atoms with E-state index in [0.29, 0.717) is 40.5 Å². The number of hydrogen-bond acceptors (Lipinski definition) is 6. The molecule has 2 N–H and O–H groups in total. The number of fused-ring (bicyclic) bond motifs is 1. The van der Waals surface area contributed by atoms with Gasteiger partial charge in [-0.05, 0) is 36.7 Å². The Balaban J connectivity index is 1.98. The van der Waals surface area contributed by atoms with Crippen molar-refractivity contribution in [3.05, 3.63) is 53.7 Å². The molecule has 0 fully saturated rings. The van der Waals surface area contributed by atoms with Gasteiger partial charge in [-0.2, -0.15) is 0 Å². The Bertz CT molecular complexity index is 1210. The lowest BCUT2D eigenvalue weighted by atomic mass is 9.95. The van der Waals surface area contributed by atoms with Gasteiger partial charge in [-0.25, -0.2) is 0 Å². The van der Waals surface area contributed by atoms with Crippen LogP contribution in [-0.2, 0) is 16.1 Å². The van der Waals surface area contributed by atoms with Crippen LogP contribution in [0.1, 0.15) is 24.0 Å². The molecule has 0 amide bonds. The van der Waals surface area contributed by atoms with Crippen LogP contribution >= 0.6 is 0 Å². The van der Waals surface area contributed by atoms with Gasteiger partial charge in [0.2, 0.25) is 5.75 Å². The Morgan fingerprint density at radius 2 is 1.59 bits per heavy atom. The molecule has 2 aromatic carbocycles. The zero-order valence-electron chi connectivity index (χ0n) is 18.4. The SMILES string of the molecule is COc1cc(C2=C(c3cn(CCCN)c4ccccc34)C(=O)CC2=O)cc(OC)c1OC. The van der Waals surface area contributed by atoms with E-state index in [0.717, 1.165) is 29.4 Å². The van der Waals surface area contributed by atoms with Crippen LogP contribution in [0.2, 0.25) is 0 Å². The highest BCUT2D eigenvalue weighted by molar-refractivity contribution is 6.51. The molecule has 0 spiro atoms. The lowest BCUT2D eigenvalue weighted by Gasteiger charge is -2.15. The highest BCUT2D eigenvalue weighted by Gasteiger charge is 2.35. The number of ether oxygens (including phenoxy) is 3. The smallest absolute Gasteiger partial charge is 0.203 e. The Kier molecular flexibility index (Phi) is 6.01. The fraction of sp³-hybridized carbons (Fsp3) is 0.280. The number of methoxy groups -OCH3 is 3. The lowest BCUT2D eigenvalue weighted by molar-refractivity contribution is -0.119. The first kappa shape index (κ1) is 21.6. The van der Waals surface area contributed by atoms with Gasteiger partial charge < -0.3 is 24.5 Å². The van der Waals surface area contributed by atoms with Crippen molar-refractivity contribution in [3.8, 4) is 17.2 Å². The summed E-state index contributed by atoms with van der Waals surface area (Å²) in [7, 11) is 4.55. The van der Waals surface area contributed by atoms with Crippen molar-refractivity contribution in [2.45, 2.75) is 19.4 Å². The van der Waals surface area contributed by atoms with Crippen molar-refractivity contribution in [3.63, 3.8) is 0 Å². The molecule has 0 saturated carbocycles. The van der Waals surface area contributed by atoms with Gasteiger partial charge in [0.25, 0.3) is 0 Å². The summed E-state index contributed by atoms with van der Waals surface area (Å²) in [5.74, 6) is 0.854. The lowest BCUT2D eigenvalue weighted by Crippen LogP contribution is -2.04. The predicted octanol–water partition coefficient (Wildman–Crippen LogP) is 3.47. The van der Waals surface area contributed by atoms with Gasteiger partial charge >= 0.3 is 0 Å². The third-order valence-corrected chi connectivity index (χ3v) is 5.74. The molecule has 0 aliphatic heterocycles. The number of allylic oxidation sites excluding steroid dienone is 2. The maximum absolute atomic E-state index is 13.1. The number of hydrogen-bond donors (Lipinski definition) is 1. The molecule has 1 aliphatic carbocycles. The highest BCUT2D eigenvalue weighted by Crippen LogP contribution is 2.44. The van der Waals surface area contributed by atoms with Gasteiger partial charge in [0, 0.05) is 40.4 Å². The van der Waals surface area contributed by atoms with Crippen molar-refractivity contribution in [2.24, 2.45) is 5.73 Å². The average molecular weight is 434 g/mol. The average Bonchev–Trinajstić information content (AvgIpc) is 3.32. The predicted molar refractivity (Wildman–Crippen MR) is 123 cm³/mol. The molecule has 3 aromatic rings. The van der Waals surface area contributed by atoms with E-state index in [4.69, 9.17) is 19.9 Å². The molecular weight excluding hydrogens is 408 g/mol. The van der Waals surface area contributed by atoms with E-state index in [1.165, 1.54) is 21.3 Å². The second-order valence-corrected chi connectivity index (χ2v) is 7.58. The van der Waals surface area contributed by atoms with Crippen LogP contribution in [0.15, 0.2) is 42.6 Å². The van der Waals surface area contributed by atoms with Crippen LogP contribution < -0.4 is 19.9 Å². The molecule has 0 atom stereocenters. The van der Waals surface area contributed by atoms with Gasteiger partial charge in [-0.3, -0.25) is 9.59 Å². The van der Waals surface area contributed by atoms with Crippen LogP contribution in [0.4, 0.5) is 0 Å². The van der Waals surface area contributed by atoms with E-state index < -0.39 is 0 Å². The summed E-state index contributed by atoms with van der Waals surface area (Å²) in [5.41, 5.74) is 8.81. The first-order valence-electron chi connectivity index (χ1n) is 10.4. The zero-order valence-corrected chi connectivity index (χ0v) is 18.4. The van der Waals surface area contributed by atoms with Crippen molar-refractivity contribution < 1.29 is 23.8 Å². The molecular formula is C25H26N2O5. The normalized spacial score (nSPS) is 13.9. The summed E-state index contributed by atoms with van der Waals surface area (Å²) in [6.45, 7) is 1.30. The minimum Gasteiger partial charge on any atom is -0.493 e. The molecule has 7 nitrogen and oxygen atoms in total. The summed E-state index contributed by atoms with van der Waals surface area (Å²) in [6.07, 6.45) is 2.59. The maximum Gasteiger partial charge on any atom is 0.203 e. The summed E-state index contributed by atoms with van der Waals surface area (Å²) in [4.78, 5) is 26.1. The largest absolute Gasteiger partial charge is 0.493 e. The van der Waals surface area contributed by atoms with Crippen LogP contribution in [0.3, 0.4) is 0 Å². The van der Waals surface area contributed by atoms with Crippen molar-refractivity contribution in [1.29, 1.82) is 0 Å². The number of aryl methyl sites for hydroxylation is 1. The van der Waals surface area contributed by atoms with E-state index in [-0.39, 0.29) is 18.0 Å². The number of carbonyl (C=O) groups is 2. The second kappa shape index (κ2) is 8.88. The van der Waals surface area contributed by atoms with Crippen LogP contribution in [-0.4, -0.2) is 44.0 Å². The van der Waals surface area contributed by atoms with Crippen molar-refractivity contribution >= 4 is 33.6 Å². The molecule has 4 rings (SSSR count). The minimum absolute atomic E-state index is 0.163. The van der Waals surface area contributed by atoms with E-state index in [2.05, 4.69) is 4.57 Å². The van der Waals surface area contributed by atoms with Crippen LogP contribution in [0, 0.1) is 0 Å². The Hall–Kier alpha value is -3.58. The molecule has 1 aromatic heterocycles. The van der Waals surface area contributed by atoms with Crippen LogP contribution in [0.5, 0.6) is 17.2 Å². The molecule has 0 unspecified atom stereocenters. The van der Waals surface area contributed by atoms with Gasteiger partial charge in [-0.15, -0.1) is 0 Å². The number of benzene rings is 2. The van der Waals surface area contributed by atoms with E-state index in [1.807, 2.05) is 30.5 Å². The Labute approximate surface area is 186 Å². The molecule has 0 radical (unpaired) electrons. The highest BCUT2D eigenvalue weighted by atomic mass is 16.5. The zero-order chi connectivity index (χ0) is 22.8. The summed E-state index contributed by atoms with van der Waals surface area (Å²) in [6, 6.07) is 11.3.